The van der Waals surface area contributed by atoms with Crippen molar-refractivity contribution in [1.82, 2.24) is 15.2 Å². The Morgan fingerprint density at radius 1 is 1.11 bits per heavy atom. The largest absolute Gasteiger partial charge is 0.444 e. The van der Waals surface area contributed by atoms with Crippen LogP contribution in [0.5, 0.6) is 0 Å². The highest BCUT2D eigenvalue weighted by molar-refractivity contribution is 5.79. The zero-order chi connectivity index (χ0) is 19.1. The minimum atomic E-state index is -0.277. The number of oxazole rings is 1. The van der Waals surface area contributed by atoms with Crippen LogP contribution in [0.25, 0.3) is 11.5 Å². The number of halogens is 1. The quantitative estimate of drug-likeness (QED) is 0.533. The van der Waals surface area contributed by atoms with E-state index in [4.69, 9.17) is 4.42 Å². The van der Waals surface area contributed by atoms with E-state index in [1.54, 1.807) is 18.4 Å². The van der Waals surface area contributed by atoms with E-state index < -0.39 is 0 Å². The second kappa shape index (κ2) is 8.98. The Morgan fingerprint density at radius 3 is 2.56 bits per heavy atom. The molecular formula is C21H23FN4O. The van der Waals surface area contributed by atoms with Gasteiger partial charge in [0, 0.05) is 32.6 Å². The Morgan fingerprint density at radius 2 is 1.85 bits per heavy atom. The van der Waals surface area contributed by atoms with Crippen molar-refractivity contribution in [3.8, 4) is 11.5 Å². The van der Waals surface area contributed by atoms with Crippen LogP contribution >= 0.6 is 0 Å². The van der Waals surface area contributed by atoms with Crippen molar-refractivity contribution >= 4 is 5.96 Å². The van der Waals surface area contributed by atoms with Gasteiger partial charge in [0.2, 0.25) is 5.89 Å². The van der Waals surface area contributed by atoms with Gasteiger partial charge in [0.15, 0.2) is 5.96 Å². The van der Waals surface area contributed by atoms with Crippen molar-refractivity contribution in [1.29, 1.82) is 0 Å². The lowest BCUT2D eigenvalue weighted by molar-refractivity contribution is 0.569. The fourth-order valence-electron chi connectivity index (χ4n) is 2.55. The summed E-state index contributed by atoms with van der Waals surface area (Å²) < 4.78 is 18.5. The van der Waals surface area contributed by atoms with Crippen LogP contribution < -0.4 is 5.32 Å². The van der Waals surface area contributed by atoms with Crippen LogP contribution in [-0.2, 0) is 13.0 Å². The number of nitrogens with one attached hydrogen (secondary N) is 1. The van der Waals surface area contributed by atoms with Gasteiger partial charge in [-0.05, 0) is 29.8 Å². The Labute approximate surface area is 158 Å². The van der Waals surface area contributed by atoms with Crippen LogP contribution in [0.15, 0.2) is 70.3 Å². The molecule has 0 atom stereocenters. The van der Waals surface area contributed by atoms with Crippen LogP contribution in [0.2, 0.25) is 0 Å². The highest BCUT2D eigenvalue weighted by Crippen LogP contribution is 2.18. The average molecular weight is 366 g/mol. The maximum Gasteiger partial charge on any atom is 0.226 e. The molecule has 27 heavy (non-hydrogen) atoms. The number of hydrogen-bond acceptors (Lipinski definition) is 3. The van der Waals surface area contributed by atoms with E-state index in [0.29, 0.717) is 25.4 Å². The molecule has 3 rings (SSSR count). The number of aromatic nitrogens is 1. The van der Waals surface area contributed by atoms with E-state index in [1.807, 2.05) is 37.2 Å². The van der Waals surface area contributed by atoms with Gasteiger partial charge in [0.05, 0.1) is 12.2 Å². The Bertz CT molecular complexity index is 873. The summed E-state index contributed by atoms with van der Waals surface area (Å²) in [6, 6.07) is 16.2. The summed E-state index contributed by atoms with van der Waals surface area (Å²) in [6.07, 6.45) is 2.33. The van der Waals surface area contributed by atoms with Crippen molar-refractivity contribution in [3.63, 3.8) is 0 Å². The summed E-state index contributed by atoms with van der Waals surface area (Å²) in [6.45, 7) is 1.31. The molecule has 1 N–H and O–H groups in total. The maximum atomic E-state index is 13.0. The molecule has 0 radical (unpaired) electrons. The molecule has 5 nitrogen and oxygen atoms in total. The number of nitrogens with zero attached hydrogens (tertiary/aromatic N) is 3. The molecule has 0 aliphatic carbocycles. The topological polar surface area (TPSA) is 53.7 Å². The lowest BCUT2D eigenvalue weighted by Crippen LogP contribution is -2.37. The first-order valence-corrected chi connectivity index (χ1v) is 8.82. The van der Waals surface area contributed by atoms with Crippen molar-refractivity contribution in [2.45, 2.75) is 13.0 Å². The Kier molecular flexibility index (Phi) is 6.20. The van der Waals surface area contributed by atoms with Crippen LogP contribution in [0.1, 0.15) is 11.3 Å². The van der Waals surface area contributed by atoms with Crippen molar-refractivity contribution < 1.29 is 8.81 Å². The zero-order valence-corrected chi connectivity index (χ0v) is 15.5. The van der Waals surface area contributed by atoms with Gasteiger partial charge in [0.25, 0.3) is 0 Å². The summed E-state index contributed by atoms with van der Waals surface area (Å²) in [5, 5.41) is 3.34. The van der Waals surface area contributed by atoms with Crippen LogP contribution in [-0.4, -0.2) is 36.5 Å². The van der Waals surface area contributed by atoms with Gasteiger partial charge in [-0.3, -0.25) is 0 Å². The fraction of sp³-hybridized carbons (Fsp3) is 0.238. The first-order valence-electron chi connectivity index (χ1n) is 8.82. The summed E-state index contributed by atoms with van der Waals surface area (Å²) in [5.41, 5.74) is 2.76. The molecule has 3 aromatic rings. The molecule has 0 saturated heterocycles. The maximum absolute atomic E-state index is 13.0. The standard InChI is InChI=1S/C21H23FN4O/c1-26(2)21(24-14-16-6-4-3-5-7-16)23-13-12-19-15-27-20(25-19)17-8-10-18(22)11-9-17/h3-11,15H,12-14H2,1-2H3,(H,23,24). The smallest absolute Gasteiger partial charge is 0.226 e. The molecule has 0 spiro atoms. The van der Waals surface area contributed by atoms with Crippen molar-refractivity contribution in [2.75, 3.05) is 20.6 Å². The average Bonchev–Trinajstić information content (AvgIpc) is 3.14. The van der Waals surface area contributed by atoms with E-state index in [0.717, 1.165) is 17.2 Å². The molecule has 0 unspecified atom stereocenters. The number of hydrogen-bond donors (Lipinski definition) is 1. The SMILES string of the molecule is CN(C)C(=NCc1ccccc1)NCCc1coc(-c2ccc(F)cc2)n1. The summed E-state index contributed by atoms with van der Waals surface area (Å²) >= 11 is 0. The minimum Gasteiger partial charge on any atom is -0.444 e. The van der Waals surface area contributed by atoms with Gasteiger partial charge < -0.3 is 14.6 Å². The molecule has 1 aromatic heterocycles. The van der Waals surface area contributed by atoms with Gasteiger partial charge >= 0.3 is 0 Å². The van der Waals surface area contributed by atoms with Gasteiger partial charge in [-0.2, -0.15) is 0 Å². The lowest BCUT2D eigenvalue weighted by atomic mass is 10.2. The summed E-state index contributed by atoms with van der Waals surface area (Å²) in [7, 11) is 3.92. The number of benzene rings is 2. The predicted molar refractivity (Wildman–Crippen MR) is 105 cm³/mol. The van der Waals surface area contributed by atoms with Crippen molar-refractivity contribution in [3.05, 3.63) is 77.9 Å². The number of rotatable bonds is 6. The monoisotopic (exact) mass is 366 g/mol. The molecule has 0 amide bonds. The Balaban J connectivity index is 1.55. The normalized spacial score (nSPS) is 11.4. The second-order valence-electron chi connectivity index (χ2n) is 6.35. The first-order chi connectivity index (χ1) is 13.1. The van der Waals surface area contributed by atoms with Gasteiger partial charge in [0.1, 0.15) is 12.1 Å². The third kappa shape index (κ3) is 5.41. The van der Waals surface area contributed by atoms with Gasteiger partial charge in [-0.1, -0.05) is 30.3 Å². The second-order valence-corrected chi connectivity index (χ2v) is 6.35. The first kappa shape index (κ1) is 18.6. The predicted octanol–water partition coefficient (Wildman–Crippen LogP) is 3.73. The van der Waals surface area contributed by atoms with Crippen LogP contribution in [0, 0.1) is 5.82 Å². The fourth-order valence-corrected chi connectivity index (χ4v) is 2.55. The molecule has 0 bridgehead atoms. The minimum absolute atomic E-state index is 0.277. The van der Waals surface area contributed by atoms with E-state index >= 15 is 0 Å². The van der Waals surface area contributed by atoms with E-state index in [-0.39, 0.29) is 5.82 Å². The van der Waals surface area contributed by atoms with E-state index in [1.165, 1.54) is 17.7 Å². The van der Waals surface area contributed by atoms with Crippen molar-refractivity contribution in [2.24, 2.45) is 4.99 Å². The third-order valence-electron chi connectivity index (χ3n) is 3.99. The molecule has 0 fully saturated rings. The molecule has 1 heterocycles. The molecule has 0 aliphatic heterocycles. The third-order valence-corrected chi connectivity index (χ3v) is 3.99. The molecule has 6 heteroatoms. The summed E-state index contributed by atoms with van der Waals surface area (Å²) in [5.74, 6) is 1.04. The highest BCUT2D eigenvalue weighted by atomic mass is 19.1. The number of guanidine groups is 1. The van der Waals surface area contributed by atoms with Gasteiger partial charge in [-0.15, -0.1) is 0 Å². The highest BCUT2D eigenvalue weighted by Gasteiger charge is 2.08. The Hall–Kier alpha value is -3.15. The molecule has 140 valence electrons. The van der Waals surface area contributed by atoms with E-state index in [9.17, 15) is 4.39 Å². The molecular weight excluding hydrogens is 343 g/mol. The number of aliphatic imine (C=N–C) groups is 1. The molecule has 2 aromatic carbocycles. The zero-order valence-electron chi connectivity index (χ0n) is 15.5. The van der Waals surface area contributed by atoms with Crippen LogP contribution in [0.3, 0.4) is 0 Å². The van der Waals surface area contributed by atoms with E-state index in [2.05, 4.69) is 27.4 Å². The molecule has 0 aliphatic rings. The lowest BCUT2D eigenvalue weighted by Gasteiger charge is -2.17. The van der Waals surface area contributed by atoms with Crippen LogP contribution in [0.4, 0.5) is 4.39 Å². The molecule has 0 saturated carbocycles. The van der Waals surface area contributed by atoms with Gasteiger partial charge in [-0.25, -0.2) is 14.4 Å². The summed E-state index contributed by atoms with van der Waals surface area (Å²) in [4.78, 5) is 11.1.